The Morgan fingerprint density at radius 3 is 2.55 bits per heavy atom. The Balaban J connectivity index is 0.00000242. The minimum absolute atomic E-state index is 0. The standard InChI is InChI=1S/C14H18F2N2O3.ClH/c15-14(16)20-11-7-6-10(9-12(11)21-14)18-13(19)5-3-1-2-4-8-17;/h6-7,9H,1-5,8,17H2,(H,18,19);1H. The van der Waals surface area contributed by atoms with Gasteiger partial charge in [-0.2, -0.15) is 0 Å². The second kappa shape index (κ2) is 8.14. The van der Waals surface area contributed by atoms with Crippen LogP contribution < -0.4 is 20.5 Å². The van der Waals surface area contributed by atoms with Crippen LogP contribution in [0.3, 0.4) is 0 Å². The highest BCUT2D eigenvalue weighted by atomic mass is 35.5. The highest BCUT2D eigenvalue weighted by molar-refractivity contribution is 5.91. The van der Waals surface area contributed by atoms with Crippen molar-refractivity contribution in [2.24, 2.45) is 5.73 Å². The van der Waals surface area contributed by atoms with Crippen LogP contribution in [0.2, 0.25) is 0 Å². The van der Waals surface area contributed by atoms with Crippen molar-refractivity contribution in [3.8, 4) is 11.5 Å². The Morgan fingerprint density at radius 1 is 1.14 bits per heavy atom. The second-order valence-electron chi connectivity index (χ2n) is 4.83. The highest BCUT2D eigenvalue weighted by Gasteiger charge is 2.43. The highest BCUT2D eigenvalue weighted by Crippen LogP contribution is 2.42. The number of benzene rings is 1. The van der Waals surface area contributed by atoms with Gasteiger partial charge in [-0.15, -0.1) is 21.2 Å². The number of carbonyl (C=O) groups is 1. The molecule has 0 aromatic heterocycles. The summed E-state index contributed by atoms with van der Waals surface area (Å²) in [5.41, 5.74) is 5.79. The molecule has 0 saturated heterocycles. The van der Waals surface area contributed by atoms with Gasteiger partial charge in [0.25, 0.3) is 0 Å². The van der Waals surface area contributed by atoms with Crippen molar-refractivity contribution in [2.45, 2.75) is 38.4 Å². The fourth-order valence-electron chi connectivity index (χ4n) is 2.03. The predicted octanol–water partition coefficient (Wildman–Crippen LogP) is 3.28. The summed E-state index contributed by atoms with van der Waals surface area (Å²) in [5, 5.41) is 2.65. The summed E-state index contributed by atoms with van der Waals surface area (Å²) in [4.78, 5) is 11.7. The van der Waals surface area contributed by atoms with Crippen molar-refractivity contribution in [3.63, 3.8) is 0 Å². The van der Waals surface area contributed by atoms with Crippen LogP contribution >= 0.6 is 12.4 Å². The number of unbranched alkanes of at least 4 members (excludes halogenated alkanes) is 3. The molecule has 0 unspecified atom stereocenters. The number of ether oxygens (including phenoxy) is 2. The van der Waals surface area contributed by atoms with E-state index in [-0.39, 0.29) is 29.8 Å². The molecule has 0 aliphatic carbocycles. The van der Waals surface area contributed by atoms with Crippen molar-refractivity contribution in [2.75, 3.05) is 11.9 Å². The molecule has 5 nitrogen and oxygen atoms in total. The molecule has 0 fully saturated rings. The fourth-order valence-corrected chi connectivity index (χ4v) is 2.03. The van der Waals surface area contributed by atoms with Crippen molar-refractivity contribution in [3.05, 3.63) is 18.2 Å². The summed E-state index contributed by atoms with van der Waals surface area (Å²) < 4.78 is 34.3. The fraction of sp³-hybridized carbons (Fsp3) is 0.500. The summed E-state index contributed by atoms with van der Waals surface area (Å²) in [6.45, 7) is 0.661. The van der Waals surface area contributed by atoms with Gasteiger partial charge >= 0.3 is 6.29 Å². The lowest BCUT2D eigenvalue weighted by Crippen LogP contribution is -2.25. The average molecular weight is 337 g/mol. The molecule has 124 valence electrons. The first-order chi connectivity index (χ1) is 10.00. The van der Waals surface area contributed by atoms with Gasteiger partial charge in [0.15, 0.2) is 11.5 Å². The normalized spacial score (nSPS) is 14.3. The summed E-state index contributed by atoms with van der Waals surface area (Å²) in [6.07, 6.45) is 0.413. The van der Waals surface area contributed by atoms with Crippen molar-refractivity contribution >= 4 is 24.0 Å². The third-order valence-corrected chi connectivity index (χ3v) is 3.04. The Morgan fingerprint density at radius 2 is 1.82 bits per heavy atom. The van der Waals surface area contributed by atoms with Gasteiger partial charge in [-0.05, 0) is 31.5 Å². The van der Waals surface area contributed by atoms with Crippen molar-refractivity contribution < 1.29 is 23.0 Å². The van der Waals surface area contributed by atoms with Crippen LogP contribution in [-0.2, 0) is 4.79 Å². The number of rotatable bonds is 7. The third kappa shape index (κ3) is 5.31. The zero-order chi connectivity index (χ0) is 15.3. The molecule has 3 N–H and O–H groups in total. The van der Waals surface area contributed by atoms with E-state index in [2.05, 4.69) is 14.8 Å². The van der Waals surface area contributed by atoms with Crippen LogP contribution in [0.5, 0.6) is 11.5 Å². The van der Waals surface area contributed by atoms with E-state index in [1.54, 1.807) is 0 Å². The van der Waals surface area contributed by atoms with Gasteiger partial charge in [0.2, 0.25) is 5.91 Å². The van der Waals surface area contributed by atoms with Gasteiger partial charge in [-0.3, -0.25) is 4.79 Å². The van der Waals surface area contributed by atoms with E-state index in [0.717, 1.165) is 25.7 Å². The lowest BCUT2D eigenvalue weighted by molar-refractivity contribution is -0.286. The molecule has 22 heavy (non-hydrogen) atoms. The Labute approximate surface area is 133 Å². The largest absolute Gasteiger partial charge is 0.586 e. The molecule has 1 aliphatic rings. The summed E-state index contributed by atoms with van der Waals surface area (Å²) in [7, 11) is 0. The molecule has 2 rings (SSSR count). The zero-order valence-corrected chi connectivity index (χ0v) is 12.8. The summed E-state index contributed by atoms with van der Waals surface area (Å²) >= 11 is 0. The predicted molar refractivity (Wildman–Crippen MR) is 80.7 cm³/mol. The summed E-state index contributed by atoms with van der Waals surface area (Å²) in [5.74, 6) is -0.283. The minimum Gasteiger partial charge on any atom is -0.395 e. The van der Waals surface area contributed by atoms with Crippen LogP contribution in [0, 0.1) is 0 Å². The van der Waals surface area contributed by atoms with Crippen LogP contribution in [0.15, 0.2) is 18.2 Å². The van der Waals surface area contributed by atoms with Crippen LogP contribution in [0.4, 0.5) is 14.5 Å². The molecule has 1 aromatic carbocycles. The van der Waals surface area contributed by atoms with E-state index in [9.17, 15) is 13.6 Å². The van der Waals surface area contributed by atoms with Crippen LogP contribution in [-0.4, -0.2) is 18.7 Å². The SMILES string of the molecule is Cl.NCCCCCCC(=O)Nc1ccc2c(c1)OC(F)(F)O2. The molecule has 0 bridgehead atoms. The van der Waals surface area contributed by atoms with E-state index in [4.69, 9.17) is 5.73 Å². The summed E-state index contributed by atoms with van der Waals surface area (Å²) in [6, 6.07) is 4.16. The van der Waals surface area contributed by atoms with Gasteiger partial charge < -0.3 is 20.5 Å². The smallest absolute Gasteiger partial charge is 0.395 e. The van der Waals surface area contributed by atoms with Crippen LogP contribution in [0.1, 0.15) is 32.1 Å². The van der Waals surface area contributed by atoms with E-state index in [0.29, 0.717) is 18.7 Å². The van der Waals surface area contributed by atoms with Gasteiger partial charge in [-0.1, -0.05) is 12.8 Å². The first-order valence-corrected chi connectivity index (χ1v) is 6.90. The van der Waals surface area contributed by atoms with Gasteiger partial charge in [0.1, 0.15) is 0 Å². The number of nitrogens with one attached hydrogen (secondary N) is 1. The Hall–Kier alpha value is -1.60. The van der Waals surface area contributed by atoms with Crippen LogP contribution in [0.25, 0.3) is 0 Å². The van der Waals surface area contributed by atoms with Gasteiger partial charge in [0, 0.05) is 18.2 Å². The number of hydrogen-bond acceptors (Lipinski definition) is 4. The first kappa shape index (κ1) is 18.4. The molecule has 1 aromatic rings. The number of alkyl halides is 2. The monoisotopic (exact) mass is 336 g/mol. The van der Waals surface area contributed by atoms with Crippen molar-refractivity contribution in [1.29, 1.82) is 0 Å². The number of nitrogens with two attached hydrogens (primary N) is 1. The molecule has 0 radical (unpaired) electrons. The van der Waals surface area contributed by atoms with Gasteiger partial charge in [-0.25, -0.2) is 0 Å². The minimum atomic E-state index is -3.64. The second-order valence-corrected chi connectivity index (χ2v) is 4.83. The van der Waals surface area contributed by atoms with E-state index in [1.165, 1.54) is 18.2 Å². The molecule has 0 saturated carbocycles. The maximum Gasteiger partial charge on any atom is 0.586 e. The molecule has 0 atom stereocenters. The number of anilines is 1. The molecule has 1 aliphatic heterocycles. The number of fused-ring (bicyclic) bond motifs is 1. The number of amides is 1. The molecule has 0 spiro atoms. The van der Waals surface area contributed by atoms with E-state index in [1.807, 2.05) is 0 Å². The molecular formula is C14H19ClF2N2O3. The topological polar surface area (TPSA) is 73.6 Å². The average Bonchev–Trinajstić information content (AvgIpc) is 2.71. The lowest BCUT2D eigenvalue weighted by Gasteiger charge is -2.06. The van der Waals surface area contributed by atoms with Crippen molar-refractivity contribution in [1.82, 2.24) is 0 Å². The first-order valence-electron chi connectivity index (χ1n) is 6.90. The number of halogens is 3. The molecule has 1 amide bonds. The van der Waals surface area contributed by atoms with E-state index >= 15 is 0 Å². The van der Waals surface area contributed by atoms with E-state index < -0.39 is 6.29 Å². The Kier molecular flexibility index (Phi) is 6.83. The zero-order valence-electron chi connectivity index (χ0n) is 11.9. The quantitative estimate of drug-likeness (QED) is 0.749. The number of hydrogen-bond donors (Lipinski definition) is 2. The Bertz CT molecular complexity index is 515. The lowest BCUT2D eigenvalue weighted by atomic mass is 10.1. The van der Waals surface area contributed by atoms with Gasteiger partial charge in [0.05, 0.1) is 0 Å². The number of carbonyl (C=O) groups excluding carboxylic acids is 1. The maximum absolute atomic E-state index is 12.9. The third-order valence-electron chi connectivity index (χ3n) is 3.04. The molecular weight excluding hydrogens is 318 g/mol. The molecule has 1 heterocycles. The molecule has 8 heteroatoms. The maximum atomic E-state index is 12.9.